The molecule has 2 rings (SSSR count). The quantitative estimate of drug-likeness (QED) is 0.837. The highest BCUT2D eigenvalue weighted by Crippen LogP contribution is 2.17. The fourth-order valence-corrected chi connectivity index (χ4v) is 2.43. The van der Waals surface area contributed by atoms with E-state index in [4.69, 9.17) is 5.11 Å². The fourth-order valence-electron chi connectivity index (χ4n) is 2.43. The van der Waals surface area contributed by atoms with Crippen LogP contribution in [0.5, 0.6) is 0 Å². The van der Waals surface area contributed by atoms with Crippen LogP contribution in [0.2, 0.25) is 0 Å². The highest BCUT2D eigenvalue weighted by Gasteiger charge is 2.26. The van der Waals surface area contributed by atoms with Gasteiger partial charge in [-0.15, -0.1) is 0 Å². The summed E-state index contributed by atoms with van der Waals surface area (Å²) in [6, 6.07) is 0. The van der Waals surface area contributed by atoms with Crippen molar-refractivity contribution in [2.75, 3.05) is 25.0 Å². The SMILES string of the molecule is Cc1nn(C)cc1NCC(=O)N1CCC(C(=O)O)CC1. The number of hydrogen-bond acceptors (Lipinski definition) is 4. The Morgan fingerprint density at radius 3 is 2.60 bits per heavy atom. The Bertz CT molecular complexity index is 504. The number of piperidine rings is 1. The van der Waals surface area contributed by atoms with E-state index in [1.165, 1.54) is 0 Å². The van der Waals surface area contributed by atoms with Gasteiger partial charge in [0.1, 0.15) is 0 Å². The van der Waals surface area contributed by atoms with Crippen LogP contribution in [-0.4, -0.2) is 51.3 Å². The second-order valence-electron chi connectivity index (χ2n) is 5.15. The summed E-state index contributed by atoms with van der Waals surface area (Å²) in [7, 11) is 1.83. The van der Waals surface area contributed by atoms with Crippen LogP contribution in [0, 0.1) is 12.8 Å². The van der Waals surface area contributed by atoms with Crippen molar-refractivity contribution < 1.29 is 14.7 Å². The first-order valence-corrected chi connectivity index (χ1v) is 6.72. The summed E-state index contributed by atoms with van der Waals surface area (Å²) in [6.45, 7) is 3.13. The summed E-state index contributed by atoms with van der Waals surface area (Å²) in [5.74, 6) is -1.08. The van der Waals surface area contributed by atoms with Crippen molar-refractivity contribution in [3.8, 4) is 0 Å². The van der Waals surface area contributed by atoms with Gasteiger partial charge in [-0.25, -0.2) is 0 Å². The minimum atomic E-state index is -0.763. The first-order valence-electron chi connectivity index (χ1n) is 6.72. The molecule has 0 unspecified atom stereocenters. The summed E-state index contributed by atoms with van der Waals surface area (Å²) in [6.07, 6.45) is 2.90. The van der Waals surface area contributed by atoms with E-state index in [9.17, 15) is 9.59 Å². The predicted octanol–water partition coefficient (Wildman–Crippen LogP) is 0.464. The van der Waals surface area contributed by atoms with Gasteiger partial charge in [0.2, 0.25) is 5.91 Å². The van der Waals surface area contributed by atoms with Crippen molar-refractivity contribution in [2.45, 2.75) is 19.8 Å². The molecule has 1 aliphatic heterocycles. The van der Waals surface area contributed by atoms with Gasteiger partial charge in [0.25, 0.3) is 0 Å². The highest BCUT2D eigenvalue weighted by atomic mass is 16.4. The van der Waals surface area contributed by atoms with Gasteiger partial charge in [-0.3, -0.25) is 14.3 Å². The Morgan fingerprint density at radius 2 is 2.10 bits per heavy atom. The lowest BCUT2D eigenvalue weighted by Gasteiger charge is -2.30. The minimum absolute atomic E-state index is 0.00269. The molecule has 0 aliphatic carbocycles. The lowest BCUT2D eigenvalue weighted by Crippen LogP contribution is -2.42. The van der Waals surface area contributed by atoms with Gasteiger partial charge in [-0.1, -0.05) is 0 Å². The molecule has 7 heteroatoms. The normalized spacial score (nSPS) is 16.2. The zero-order chi connectivity index (χ0) is 14.7. The average molecular weight is 280 g/mol. The van der Waals surface area contributed by atoms with Crippen LogP contribution in [0.15, 0.2) is 6.20 Å². The Balaban J connectivity index is 1.81. The molecular formula is C13H20N4O3. The maximum absolute atomic E-state index is 12.1. The molecule has 1 aliphatic rings. The minimum Gasteiger partial charge on any atom is -0.481 e. The summed E-state index contributed by atoms with van der Waals surface area (Å²) >= 11 is 0. The number of hydrogen-bond donors (Lipinski definition) is 2. The maximum atomic E-state index is 12.1. The molecule has 0 bridgehead atoms. The molecule has 0 saturated carbocycles. The van der Waals surface area contributed by atoms with Crippen LogP contribution >= 0.6 is 0 Å². The third kappa shape index (κ3) is 3.28. The van der Waals surface area contributed by atoms with E-state index in [-0.39, 0.29) is 18.4 Å². The van der Waals surface area contributed by atoms with Gasteiger partial charge in [-0.05, 0) is 19.8 Å². The third-order valence-corrected chi connectivity index (χ3v) is 3.64. The van der Waals surface area contributed by atoms with Crippen molar-refractivity contribution in [2.24, 2.45) is 13.0 Å². The van der Waals surface area contributed by atoms with E-state index in [1.54, 1.807) is 9.58 Å². The Hall–Kier alpha value is -2.05. The molecule has 110 valence electrons. The number of carbonyl (C=O) groups excluding carboxylic acids is 1. The number of carboxylic acids is 1. The molecule has 0 aromatic carbocycles. The molecule has 7 nitrogen and oxygen atoms in total. The van der Waals surface area contributed by atoms with Crippen molar-refractivity contribution in [3.63, 3.8) is 0 Å². The molecule has 20 heavy (non-hydrogen) atoms. The Labute approximate surface area is 117 Å². The van der Waals surface area contributed by atoms with E-state index in [0.29, 0.717) is 25.9 Å². The summed E-state index contributed by atoms with van der Waals surface area (Å²) in [5.41, 5.74) is 1.70. The molecule has 1 aromatic rings. The average Bonchev–Trinajstić information content (AvgIpc) is 2.74. The second kappa shape index (κ2) is 5.94. The molecule has 1 aromatic heterocycles. The van der Waals surface area contributed by atoms with E-state index < -0.39 is 5.97 Å². The molecule has 1 saturated heterocycles. The van der Waals surface area contributed by atoms with E-state index in [1.807, 2.05) is 20.2 Å². The number of carbonyl (C=O) groups is 2. The molecule has 0 radical (unpaired) electrons. The summed E-state index contributed by atoms with van der Waals surface area (Å²) in [4.78, 5) is 24.6. The first-order chi connectivity index (χ1) is 9.47. The van der Waals surface area contributed by atoms with Gasteiger partial charge in [0, 0.05) is 26.3 Å². The zero-order valence-corrected chi connectivity index (χ0v) is 11.8. The fraction of sp³-hybridized carbons (Fsp3) is 0.615. The zero-order valence-electron chi connectivity index (χ0n) is 11.8. The van der Waals surface area contributed by atoms with Gasteiger partial charge >= 0.3 is 5.97 Å². The van der Waals surface area contributed by atoms with Crippen molar-refractivity contribution in [1.82, 2.24) is 14.7 Å². The number of likely N-dealkylation sites (tertiary alicyclic amines) is 1. The molecule has 1 fully saturated rings. The van der Waals surface area contributed by atoms with Crippen LogP contribution in [0.3, 0.4) is 0 Å². The highest BCUT2D eigenvalue weighted by molar-refractivity contribution is 5.81. The van der Waals surface area contributed by atoms with Gasteiger partial charge in [-0.2, -0.15) is 5.10 Å². The lowest BCUT2D eigenvalue weighted by molar-refractivity contribution is -0.145. The summed E-state index contributed by atoms with van der Waals surface area (Å²) in [5, 5.41) is 16.2. The Kier molecular flexibility index (Phi) is 4.26. The van der Waals surface area contributed by atoms with Crippen LogP contribution in [-0.2, 0) is 16.6 Å². The van der Waals surface area contributed by atoms with Crippen molar-refractivity contribution in [1.29, 1.82) is 0 Å². The number of aromatic nitrogens is 2. The van der Waals surface area contributed by atoms with E-state index >= 15 is 0 Å². The lowest BCUT2D eigenvalue weighted by atomic mass is 9.97. The number of amides is 1. The summed E-state index contributed by atoms with van der Waals surface area (Å²) < 4.78 is 1.69. The predicted molar refractivity (Wildman–Crippen MR) is 73.4 cm³/mol. The molecule has 0 atom stereocenters. The van der Waals surface area contributed by atoms with Gasteiger partial charge in [0.05, 0.1) is 23.8 Å². The van der Waals surface area contributed by atoms with Crippen molar-refractivity contribution >= 4 is 17.6 Å². The second-order valence-corrected chi connectivity index (χ2v) is 5.15. The molecule has 2 N–H and O–H groups in total. The smallest absolute Gasteiger partial charge is 0.306 e. The number of aliphatic carboxylic acids is 1. The number of aryl methyl sites for hydroxylation is 2. The van der Waals surface area contributed by atoms with Crippen LogP contribution in [0.25, 0.3) is 0 Å². The van der Waals surface area contributed by atoms with Crippen LogP contribution < -0.4 is 5.32 Å². The van der Waals surface area contributed by atoms with Gasteiger partial charge in [0.15, 0.2) is 0 Å². The largest absolute Gasteiger partial charge is 0.481 e. The number of nitrogens with one attached hydrogen (secondary N) is 1. The molecule has 0 spiro atoms. The van der Waals surface area contributed by atoms with E-state index in [2.05, 4.69) is 10.4 Å². The first kappa shape index (κ1) is 14.4. The van der Waals surface area contributed by atoms with Crippen LogP contribution in [0.1, 0.15) is 18.5 Å². The standard InChI is InChI=1S/C13H20N4O3/c1-9-11(8-16(2)15-9)14-7-12(18)17-5-3-10(4-6-17)13(19)20/h8,10,14H,3-7H2,1-2H3,(H,19,20). The number of nitrogens with zero attached hydrogens (tertiary/aromatic N) is 3. The van der Waals surface area contributed by atoms with Crippen LogP contribution in [0.4, 0.5) is 5.69 Å². The third-order valence-electron chi connectivity index (χ3n) is 3.64. The monoisotopic (exact) mass is 280 g/mol. The topological polar surface area (TPSA) is 87.5 Å². The maximum Gasteiger partial charge on any atom is 0.306 e. The Morgan fingerprint density at radius 1 is 1.45 bits per heavy atom. The number of carboxylic acid groups (broad SMARTS) is 1. The number of anilines is 1. The molecule has 1 amide bonds. The van der Waals surface area contributed by atoms with Gasteiger partial charge < -0.3 is 15.3 Å². The van der Waals surface area contributed by atoms with Crippen molar-refractivity contribution in [3.05, 3.63) is 11.9 Å². The molecule has 2 heterocycles. The number of rotatable bonds is 4. The van der Waals surface area contributed by atoms with E-state index in [0.717, 1.165) is 11.4 Å². The molecular weight excluding hydrogens is 260 g/mol.